The maximum Gasteiger partial charge on any atom is 0.231 e. The molecular weight excluding hydrogens is 414 g/mol. The fourth-order valence-electron chi connectivity index (χ4n) is 3.91. The van der Waals surface area contributed by atoms with Crippen LogP contribution in [0.5, 0.6) is 0 Å². The second-order valence-electron chi connectivity index (χ2n) is 7.80. The number of aromatic nitrogens is 4. The summed E-state index contributed by atoms with van der Waals surface area (Å²) < 4.78 is 11.0. The Morgan fingerprint density at radius 3 is 2.65 bits per heavy atom. The summed E-state index contributed by atoms with van der Waals surface area (Å²) in [5, 5.41) is 9.01. The lowest BCUT2D eigenvalue weighted by Crippen LogP contribution is -2.34. The molecule has 31 heavy (non-hydrogen) atoms. The molecule has 4 aromatic rings. The van der Waals surface area contributed by atoms with Gasteiger partial charge < -0.3 is 9.05 Å². The highest BCUT2D eigenvalue weighted by Gasteiger charge is 2.27. The Balaban J connectivity index is 1.22. The zero-order valence-electron chi connectivity index (χ0n) is 16.9. The van der Waals surface area contributed by atoms with E-state index in [1.165, 1.54) is 0 Å². The van der Waals surface area contributed by atoms with Gasteiger partial charge in [0.25, 0.3) is 0 Å². The number of benzene rings is 2. The van der Waals surface area contributed by atoms with Gasteiger partial charge in [-0.15, -0.1) is 0 Å². The topological polar surface area (TPSA) is 81.1 Å². The molecule has 1 fully saturated rings. The van der Waals surface area contributed by atoms with Gasteiger partial charge in [-0.1, -0.05) is 52.2 Å². The van der Waals surface area contributed by atoms with Crippen molar-refractivity contribution in [3.63, 3.8) is 0 Å². The predicted molar refractivity (Wildman–Crippen MR) is 116 cm³/mol. The van der Waals surface area contributed by atoms with E-state index in [-0.39, 0.29) is 5.92 Å². The molecule has 0 bridgehead atoms. The van der Waals surface area contributed by atoms with E-state index in [0.29, 0.717) is 41.4 Å². The average molecular weight is 436 g/mol. The van der Waals surface area contributed by atoms with Crippen LogP contribution in [0.25, 0.3) is 11.4 Å². The SMILES string of the molecule is Clc1ccc(-c2noc(C3CCCN(Cc4noc(Cc5ccccc5)n4)C3)n2)cc1. The molecule has 2 aromatic heterocycles. The van der Waals surface area contributed by atoms with Gasteiger partial charge >= 0.3 is 0 Å². The molecular formula is C23H22ClN5O2. The van der Waals surface area contributed by atoms with Crippen molar-refractivity contribution in [2.24, 2.45) is 0 Å². The molecule has 0 spiro atoms. The first-order chi connectivity index (χ1) is 15.2. The smallest absolute Gasteiger partial charge is 0.231 e. The van der Waals surface area contributed by atoms with Crippen molar-refractivity contribution in [1.82, 2.24) is 25.2 Å². The van der Waals surface area contributed by atoms with Gasteiger partial charge in [-0.05, 0) is 49.2 Å². The van der Waals surface area contributed by atoms with Crippen LogP contribution in [0.15, 0.2) is 63.6 Å². The Morgan fingerprint density at radius 1 is 0.968 bits per heavy atom. The summed E-state index contributed by atoms with van der Waals surface area (Å²) in [6, 6.07) is 17.6. The van der Waals surface area contributed by atoms with Crippen LogP contribution in [0, 0.1) is 0 Å². The van der Waals surface area contributed by atoms with Crippen molar-refractivity contribution in [2.45, 2.75) is 31.7 Å². The number of nitrogens with zero attached hydrogens (tertiary/aromatic N) is 5. The van der Waals surface area contributed by atoms with Crippen molar-refractivity contribution < 1.29 is 9.05 Å². The van der Waals surface area contributed by atoms with Gasteiger partial charge in [0.1, 0.15) is 0 Å². The molecule has 3 heterocycles. The molecule has 0 saturated carbocycles. The standard InChI is InChI=1S/C23H22ClN5O2/c24-19-10-8-17(9-11-19)22-26-23(31-28-22)18-7-4-12-29(14-18)15-20-25-21(30-27-20)13-16-5-2-1-3-6-16/h1-3,5-6,8-11,18H,4,7,12-15H2. The van der Waals surface area contributed by atoms with Crippen LogP contribution in [0.1, 0.15) is 41.9 Å². The van der Waals surface area contributed by atoms with E-state index in [1.54, 1.807) is 0 Å². The van der Waals surface area contributed by atoms with E-state index < -0.39 is 0 Å². The minimum Gasteiger partial charge on any atom is -0.339 e. The monoisotopic (exact) mass is 435 g/mol. The molecule has 5 rings (SSSR count). The van der Waals surface area contributed by atoms with Crippen molar-refractivity contribution in [3.8, 4) is 11.4 Å². The molecule has 0 radical (unpaired) electrons. The quantitative estimate of drug-likeness (QED) is 0.432. The molecule has 1 aliphatic heterocycles. The van der Waals surface area contributed by atoms with E-state index in [2.05, 4.69) is 37.3 Å². The van der Waals surface area contributed by atoms with Gasteiger partial charge in [0, 0.05) is 17.1 Å². The third kappa shape index (κ3) is 4.84. The first kappa shape index (κ1) is 19.9. The molecule has 7 nitrogen and oxygen atoms in total. The largest absolute Gasteiger partial charge is 0.339 e. The summed E-state index contributed by atoms with van der Waals surface area (Å²) in [4.78, 5) is 11.5. The second-order valence-corrected chi connectivity index (χ2v) is 8.24. The first-order valence-corrected chi connectivity index (χ1v) is 10.8. The number of rotatable bonds is 6. The normalized spacial score (nSPS) is 17.1. The van der Waals surface area contributed by atoms with Gasteiger partial charge in [-0.25, -0.2) is 0 Å². The van der Waals surface area contributed by atoms with Crippen LogP contribution in [-0.2, 0) is 13.0 Å². The molecule has 158 valence electrons. The minimum absolute atomic E-state index is 0.193. The average Bonchev–Trinajstić information content (AvgIpc) is 3.45. The summed E-state index contributed by atoms with van der Waals surface area (Å²) in [5.41, 5.74) is 2.05. The van der Waals surface area contributed by atoms with Gasteiger partial charge in [0.15, 0.2) is 5.82 Å². The molecule has 1 unspecified atom stereocenters. The molecule has 1 saturated heterocycles. The zero-order chi connectivity index (χ0) is 21.0. The Bertz CT molecular complexity index is 1130. The van der Waals surface area contributed by atoms with Crippen LogP contribution in [0.2, 0.25) is 5.02 Å². The minimum atomic E-state index is 0.193. The van der Waals surface area contributed by atoms with E-state index in [9.17, 15) is 0 Å². The molecule has 0 amide bonds. The van der Waals surface area contributed by atoms with Gasteiger partial charge in [0.05, 0.1) is 18.9 Å². The van der Waals surface area contributed by atoms with E-state index >= 15 is 0 Å². The fourth-order valence-corrected chi connectivity index (χ4v) is 4.04. The third-order valence-corrected chi connectivity index (χ3v) is 5.72. The maximum atomic E-state index is 5.96. The van der Waals surface area contributed by atoms with Crippen LogP contribution in [0.4, 0.5) is 0 Å². The maximum absolute atomic E-state index is 5.96. The Morgan fingerprint density at radius 2 is 1.81 bits per heavy atom. The summed E-state index contributed by atoms with van der Waals surface area (Å²) in [5.74, 6) is 2.80. The van der Waals surface area contributed by atoms with E-state index in [1.807, 2.05) is 42.5 Å². The second kappa shape index (κ2) is 8.99. The number of likely N-dealkylation sites (tertiary alicyclic amines) is 1. The number of piperidine rings is 1. The number of hydrogen-bond donors (Lipinski definition) is 0. The molecule has 0 aliphatic carbocycles. The summed E-state index contributed by atoms with van der Waals surface area (Å²) >= 11 is 5.96. The molecule has 8 heteroatoms. The summed E-state index contributed by atoms with van der Waals surface area (Å²) in [7, 11) is 0. The fraction of sp³-hybridized carbons (Fsp3) is 0.304. The van der Waals surface area contributed by atoms with E-state index in [0.717, 1.165) is 37.1 Å². The van der Waals surface area contributed by atoms with Crippen molar-refractivity contribution in [1.29, 1.82) is 0 Å². The number of hydrogen-bond acceptors (Lipinski definition) is 7. The van der Waals surface area contributed by atoms with Crippen LogP contribution in [0.3, 0.4) is 0 Å². The molecule has 2 aromatic carbocycles. The summed E-state index contributed by atoms with van der Waals surface area (Å²) in [6.07, 6.45) is 2.72. The highest BCUT2D eigenvalue weighted by Crippen LogP contribution is 2.28. The Hall–Kier alpha value is -3.03. The van der Waals surface area contributed by atoms with Crippen molar-refractivity contribution in [2.75, 3.05) is 13.1 Å². The molecule has 1 atom stereocenters. The van der Waals surface area contributed by atoms with Crippen molar-refractivity contribution in [3.05, 3.63) is 82.8 Å². The highest BCUT2D eigenvalue weighted by molar-refractivity contribution is 6.30. The zero-order valence-corrected chi connectivity index (χ0v) is 17.7. The number of halogens is 1. The van der Waals surface area contributed by atoms with Crippen molar-refractivity contribution >= 4 is 11.6 Å². The molecule has 1 aliphatic rings. The Kier molecular flexibility index (Phi) is 5.78. The van der Waals surface area contributed by atoms with Crippen LogP contribution >= 0.6 is 11.6 Å². The van der Waals surface area contributed by atoms with E-state index in [4.69, 9.17) is 20.6 Å². The lowest BCUT2D eigenvalue weighted by molar-refractivity contribution is 0.175. The highest BCUT2D eigenvalue weighted by atomic mass is 35.5. The molecule has 0 N–H and O–H groups in total. The predicted octanol–water partition coefficient (Wildman–Crippen LogP) is 4.74. The van der Waals surface area contributed by atoms with Gasteiger partial charge in [0.2, 0.25) is 17.6 Å². The van der Waals surface area contributed by atoms with Crippen LogP contribution < -0.4 is 0 Å². The van der Waals surface area contributed by atoms with Gasteiger partial charge in [-0.2, -0.15) is 9.97 Å². The Labute approximate surface area is 185 Å². The lowest BCUT2D eigenvalue weighted by atomic mass is 9.98. The summed E-state index contributed by atoms with van der Waals surface area (Å²) in [6.45, 7) is 2.45. The first-order valence-electron chi connectivity index (χ1n) is 10.4. The lowest BCUT2D eigenvalue weighted by Gasteiger charge is -2.29. The van der Waals surface area contributed by atoms with Crippen LogP contribution in [-0.4, -0.2) is 38.3 Å². The third-order valence-electron chi connectivity index (χ3n) is 5.47. The van der Waals surface area contributed by atoms with Gasteiger partial charge in [-0.3, -0.25) is 4.90 Å².